The Bertz CT molecular complexity index is 340. The lowest BCUT2D eigenvalue weighted by Gasteiger charge is -2.20. The van der Waals surface area contributed by atoms with Gasteiger partial charge in [0, 0.05) is 17.8 Å². The monoisotopic (exact) mass is 220 g/mol. The third-order valence-electron chi connectivity index (χ3n) is 3.38. The van der Waals surface area contributed by atoms with Crippen molar-refractivity contribution in [1.82, 2.24) is 0 Å². The molecule has 1 saturated carbocycles. The Morgan fingerprint density at radius 3 is 3.06 bits per heavy atom. The SMILES string of the molecule is COc1cccc(NC2CCCC2CN)c1. The van der Waals surface area contributed by atoms with Crippen molar-refractivity contribution in [3.05, 3.63) is 24.3 Å². The number of anilines is 1. The van der Waals surface area contributed by atoms with Crippen molar-refractivity contribution in [2.45, 2.75) is 25.3 Å². The molecule has 1 aromatic carbocycles. The number of ether oxygens (including phenoxy) is 1. The quantitative estimate of drug-likeness (QED) is 0.818. The molecule has 3 nitrogen and oxygen atoms in total. The van der Waals surface area contributed by atoms with E-state index in [9.17, 15) is 0 Å². The predicted molar refractivity (Wildman–Crippen MR) is 66.8 cm³/mol. The van der Waals surface area contributed by atoms with Gasteiger partial charge in [0.2, 0.25) is 0 Å². The minimum atomic E-state index is 0.525. The van der Waals surface area contributed by atoms with Gasteiger partial charge in [-0.3, -0.25) is 0 Å². The van der Waals surface area contributed by atoms with E-state index < -0.39 is 0 Å². The van der Waals surface area contributed by atoms with Crippen LogP contribution in [0.5, 0.6) is 5.75 Å². The van der Waals surface area contributed by atoms with E-state index in [2.05, 4.69) is 11.4 Å². The van der Waals surface area contributed by atoms with Crippen molar-refractivity contribution in [2.24, 2.45) is 11.7 Å². The summed E-state index contributed by atoms with van der Waals surface area (Å²) in [6.07, 6.45) is 3.75. The van der Waals surface area contributed by atoms with Crippen molar-refractivity contribution < 1.29 is 4.74 Å². The van der Waals surface area contributed by atoms with Crippen LogP contribution in [-0.2, 0) is 0 Å². The molecule has 2 rings (SSSR count). The normalized spacial score (nSPS) is 24.4. The molecule has 3 heteroatoms. The maximum Gasteiger partial charge on any atom is 0.120 e. The maximum absolute atomic E-state index is 5.77. The summed E-state index contributed by atoms with van der Waals surface area (Å²) in [5.74, 6) is 1.51. The first-order valence-corrected chi connectivity index (χ1v) is 5.94. The summed E-state index contributed by atoms with van der Waals surface area (Å²) in [4.78, 5) is 0. The highest BCUT2D eigenvalue weighted by atomic mass is 16.5. The molecule has 1 aromatic rings. The molecule has 1 aliphatic carbocycles. The zero-order valence-corrected chi connectivity index (χ0v) is 9.78. The van der Waals surface area contributed by atoms with E-state index in [0.717, 1.165) is 18.0 Å². The highest BCUT2D eigenvalue weighted by Gasteiger charge is 2.25. The van der Waals surface area contributed by atoms with Crippen LogP contribution in [0.25, 0.3) is 0 Å². The molecule has 1 fully saturated rings. The van der Waals surface area contributed by atoms with Gasteiger partial charge in [0.15, 0.2) is 0 Å². The Labute approximate surface area is 97.0 Å². The summed E-state index contributed by atoms with van der Waals surface area (Å²) in [5.41, 5.74) is 6.90. The molecule has 0 bridgehead atoms. The van der Waals surface area contributed by atoms with Crippen molar-refractivity contribution in [3.63, 3.8) is 0 Å². The predicted octanol–water partition coefficient (Wildman–Crippen LogP) is 2.23. The summed E-state index contributed by atoms with van der Waals surface area (Å²) in [7, 11) is 1.69. The van der Waals surface area contributed by atoms with E-state index in [-0.39, 0.29) is 0 Å². The minimum Gasteiger partial charge on any atom is -0.497 e. The molecular formula is C13H20N2O. The van der Waals surface area contributed by atoms with Gasteiger partial charge >= 0.3 is 0 Å². The van der Waals surface area contributed by atoms with Crippen LogP contribution in [-0.4, -0.2) is 19.7 Å². The summed E-state index contributed by atoms with van der Waals surface area (Å²) in [6, 6.07) is 8.60. The highest BCUT2D eigenvalue weighted by Crippen LogP contribution is 2.28. The Morgan fingerprint density at radius 1 is 1.44 bits per heavy atom. The molecule has 0 saturated heterocycles. The van der Waals surface area contributed by atoms with Gasteiger partial charge in [-0.15, -0.1) is 0 Å². The smallest absolute Gasteiger partial charge is 0.120 e. The van der Waals surface area contributed by atoms with Gasteiger partial charge in [0.25, 0.3) is 0 Å². The molecule has 0 spiro atoms. The van der Waals surface area contributed by atoms with E-state index in [1.165, 1.54) is 19.3 Å². The summed E-state index contributed by atoms with van der Waals surface area (Å²) >= 11 is 0. The maximum atomic E-state index is 5.77. The molecule has 0 aliphatic heterocycles. The fourth-order valence-corrected chi connectivity index (χ4v) is 2.44. The molecule has 16 heavy (non-hydrogen) atoms. The zero-order chi connectivity index (χ0) is 11.4. The molecule has 0 radical (unpaired) electrons. The summed E-state index contributed by atoms with van der Waals surface area (Å²) < 4.78 is 5.21. The Morgan fingerprint density at radius 2 is 2.31 bits per heavy atom. The van der Waals surface area contributed by atoms with Gasteiger partial charge < -0.3 is 15.8 Å². The molecule has 0 heterocycles. The molecule has 2 unspecified atom stereocenters. The van der Waals surface area contributed by atoms with Crippen LogP contribution in [0.15, 0.2) is 24.3 Å². The number of rotatable bonds is 4. The molecule has 0 aromatic heterocycles. The van der Waals surface area contributed by atoms with Gasteiger partial charge in [-0.2, -0.15) is 0 Å². The summed E-state index contributed by atoms with van der Waals surface area (Å²) in [6.45, 7) is 0.779. The first-order chi connectivity index (χ1) is 7.83. The van der Waals surface area contributed by atoms with Crippen molar-refractivity contribution in [3.8, 4) is 5.75 Å². The number of nitrogens with two attached hydrogens (primary N) is 1. The molecule has 0 amide bonds. The van der Waals surface area contributed by atoms with E-state index in [4.69, 9.17) is 10.5 Å². The van der Waals surface area contributed by atoms with Crippen molar-refractivity contribution in [1.29, 1.82) is 0 Å². The first kappa shape index (κ1) is 11.3. The lowest BCUT2D eigenvalue weighted by molar-refractivity contribution is 0.415. The molecule has 2 atom stereocenters. The Kier molecular flexibility index (Phi) is 3.67. The lowest BCUT2D eigenvalue weighted by atomic mass is 10.0. The number of methoxy groups -OCH3 is 1. The van der Waals surface area contributed by atoms with Gasteiger partial charge in [-0.05, 0) is 37.4 Å². The van der Waals surface area contributed by atoms with Crippen LogP contribution in [0.1, 0.15) is 19.3 Å². The van der Waals surface area contributed by atoms with Crippen molar-refractivity contribution >= 4 is 5.69 Å². The average Bonchev–Trinajstić information content (AvgIpc) is 2.76. The third-order valence-corrected chi connectivity index (χ3v) is 3.38. The zero-order valence-electron chi connectivity index (χ0n) is 9.78. The topological polar surface area (TPSA) is 47.3 Å². The number of nitrogens with one attached hydrogen (secondary N) is 1. The van der Waals surface area contributed by atoms with E-state index >= 15 is 0 Å². The summed E-state index contributed by atoms with van der Waals surface area (Å²) in [5, 5.41) is 3.56. The number of benzene rings is 1. The van der Waals surface area contributed by atoms with Gasteiger partial charge in [0.05, 0.1) is 7.11 Å². The standard InChI is InChI=1S/C13H20N2O/c1-16-12-6-3-5-11(8-12)15-13-7-2-4-10(13)9-14/h3,5-6,8,10,13,15H,2,4,7,9,14H2,1H3. The van der Waals surface area contributed by atoms with Crippen LogP contribution < -0.4 is 15.8 Å². The first-order valence-electron chi connectivity index (χ1n) is 5.94. The Hall–Kier alpha value is -1.22. The van der Waals surface area contributed by atoms with E-state index in [1.54, 1.807) is 7.11 Å². The highest BCUT2D eigenvalue weighted by molar-refractivity contribution is 5.49. The minimum absolute atomic E-state index is 0.525. The van der Waals surface area contributed by atoms with Crippen LogP contribution >= 0.6 is 0 Å². The van der Waals surface area contributed by atoms with Gasteiger partial charge in [-0.25, -0.2) is 0 Å². The number of hydrogen-bond acceptors (Lipinski definition) is 3. The number of hydrogen-bond donors (Lipinski definition) is 2. The average molecular weight is 220 g/mol. The van der Waals surface area contributed by atoms with Gasteiger partial charge in [-0.1, -0.05) is 12.5 Å². The molecule has 88 valence electrons. The second-order valence-corrected chi connectivity index (χ2v) is 4.41. The molecule has 1 aliphatic rings. The van der Waals surface area contributed by atoms with Crippen LogP contribution in [0.3, 0.4) is 0 Å². The third kappa shape index (κ3) is 2.47. The van der Waals surface area contributed by atoms with Gasteiger partial charge in [0.1, 0.15) is 5.75 Å². The fraction of sp³-hybridized carbons (Fsp3) is 0.538. The molecular weight excluding hydrogens is 200 g/mol. The molecule has 3 N–H and O–H groups in total. The van der Waals surface area contributed by atoms with Crippen LogP contribution in [0.2, 0.25) is 0 Å². The van der Waals surface area contributed by atoms with E-state index in [1.807, 2.05) is 18.2 Å². The van der Waals surface area contributed by atoms with Crippen molar-refractivity contribution in [2.75, 3.05) is 19.0 Å². The van der Waals surface area contributed by atoms with Crippen LogP contribution in [0.4, 0.5) is 5.69 Å². The second-order valence-electron chi connectivity index (χ2n) is 4.41. The fourth-order valence-electron chi connectivity index (χ4n) is 2.44. The lowest BCUT2D eigenvalue weighted by Crippen LogP contribution is -2.29. The Balaban J connectivity index is 2.02. The largest absolute Gasteiger partial charge is 0.497 e. The van der Waals surface area contributed by atoms with Crippen LogP contribution in [0, 0.1) is 5.92 Å². The van der Waals surface area contributed by atoms with E-state index in [0.29, 0.717) is 12.0 Å². The second kappa shape index (κ2) is 5.21.